The van der Waals surface area contributed by atoms with E-state index in [0.717, 1.165) is 38.8 Å². The van der Waals surface area contributed by atoms with E-state index in [4.69, 9.17) is 0 Å². The molecule has 0 aromatic carbocycles. The molecule has 2 amide bonds. The van der Waals surface area contributed by atoms with Crippen LogP contribution in [0, 0.1) is 0 Å². The van der Waals surface area contributed by atoms with E-state index in [0.29, 0.717) is 18.0 Å². The first kappa shape index (κ1) is 16.2. The van der Waals surface area contributed by atoms with Gasteiger partial charge in [0.05, 0.1) is 4.88 Å². The van der Waals surface area contributed by atoms with Gasteiger partial charge < -0.3 is 15.5 Å². The summed E-state index contributed by atoms with van der Waals surface area (Å²) in [5, 5.41) is 8.19. The van der Waals surface area contributed by atoms with E-state index in [1.807, 2.05) is 17.5 Å². The van der Waals surface area contributed by atoms with Gasteiger partial charge >= 0.3 is 0 Å². The summed E-state index contributed by atoms with van der Waals surface area (Å²) in [5.74, 6) is -0.0324. The van der Waals surface area contributed by atoms with Crippen molar-refractivity contribution in [1.82, 2.24) is 15.5 Å². The highest BCUT2D eigenvalue weighted by Crippen LogP contribution is 2.22. The summed E-state index contributed by atoms with van der Waals surface area (Å²) in [5.41, 5.74) is 1.27. The fourth-order valence-electron chi connectivity index (χ4n) is 3.14. The third-order valence-corrected chi connectivity index (χ3v) is 5.30. The Hall–Kier alpha value is -1.66. The summed E-state index contributed by atoms with van der Waals surface area (Å²) in [4.78, 5) is 27.7. The number of thiophene rings is 1. The number of amides is 2. The largest absolute Gasteiger partial charge is 0.351 e. The summed E-state index contributed by atoms with van der Waals surface area (Å²) < 4.78 is 0. The van der Waals surface area contributed by atoms with Gasteiger partial charge in [0.1, 0.15) is 6.04 Å². The average Bonchev–Trinajstić information content (AvgIpc) is 3.14. The normalized spacial score (nSPS) is 21.7. The fourth-order valence-corrected chi connectivity index (χ4v) is 3.82. The minimum Gasteiger partial charge on any atom is -0.351 e. The highest BCUT2D eigenvalue weighted by molar-refractivity contribution is 7.12. The fraction of sp³-hybridized carbons (Fsp3) is 0.529. The second kappa shape index (κ2) is 7.75. The molecule has 1 aromatic heterocycles. The van der Waals surface area contributed by atoms with Crippen LogP contribution in [0.3, 0.4) is 0 Å². The quantitative estimate of drug-likeness (QED) is 0.826. The van der Waals surface area contributed by atoms with Crippen molar-refractivity contribution in [1.29, 1.82) is 0 Å². The molecule has 0 radical (unpaired) electrons. The van der Waals surface area contributed by atoms with Gasteiger partial charge in [0, 0.05) is 19.6 Å². The number of piperidine rings is 1. The predicted molar refractivity (Wildman–Crippen MR) is 91.6 cm³/mol. The molecule has 1 atom stereocenters. The van der Waals surface area contributed by atoms with Crippen molar-refractivity contribution in [2.75, 3.05) is 26.2 Å². The zero-order valence-electron chi connectivity index (χ0n) is 13.2. The van der Waals surface area contributed by atoms with Gasteiger partial charge in [0.2, 0.25) is 5.91 Å². The Morgan fingerprint density at radius 2 is 2.30 bits per heavy atom. The molecule has 1 aromatic rings. The molecule has 2 aliphatic rings. The highest BCUT2D eigenvalue weighted by atomic mass is 32.1. The van der Waals surface area contributed by atoms with E-state index < -0.39 is 0 Å². The number of hydrogen-bond donors (Lipinski definition) is 2. The Bertz CT molecular complexity index is 583. The summed E-state index contributed by atoms with van der Waals surface area (Å²) in [6.07, 6.45) is 5.84. The van der Waals surface area contributed by atoms with Gasteiger partial charge in [-0.3, -0.25) is 9.59 Å². The Kier molecular flexibility index (Phi) is 5.46. The average molecular weight is 333 g/mol. The molecule has 1 saturated heterocycles. The predicted octanol–water partition coefficient (Wildman–Crippen LogP) is 1.78. The molecule has 1 unspecified atom stereocenters. The standard InChI is InChI=1S/C17H23N3O2S/c21-16(19-12-13-6-8-18-9-7-13)14-4-1-2-10-20(14)17(22)15-5-3-11-23-15/h3,5-6,11,14,18H,1-2,4,7-10,12H2,(H,19,21). The molecule has 23 heavy (non-hydrogen) atoms. The maximum Gasteiger partial charge on any atom is 0.264 e. The molecule has 0 bridgehead atoms. The van der Waals surface area contributed by atoms with Gasteiger partial charge in [0.25, 0.3) is 5.91 Å². The SMILES string of the molecule is O=C(NCC1=CCNCC1)C1CCCCN1C(=O)c1cccs1. The number of rotatable bonds is 4. The lowest BCUT2D eigenvalue weighted by Gasteiger charge is -2.34. The maximum atomic E-state index is 12.6. The first-order chi connectivity index (χ1) is 11.3. The van der Waals surface area contributed by atoms with Crippen molar-refractivity contribution >= 4 is 23.2 Å². The van der Waals surface area contributed by atoms with Crippen LogP contribution in [0.2, 0.25) is 0 Å². The molecule has 2 N–H and O–H groups in total. The van der Waals surface area contributed by atoms with Crippen LogP contribution in [-0.2, 0) is 4.79 Å². The maximum absolute atomic E-state index is 12.6. The molecule has 1 fully saturated rings. The minimum atomic E-state index is -0.333. The third-order valence-electron chi connectivity index (χ3n) is 4.45. The topological polar surface area (TPSA) is 61.4 Å². The Labute approximate surface area is 140 Å². The van der Waals surface area contributed by atoms with Crippen LogP contribution in [-0.4, -0.2) is 48.9 Å². The van der Waals surface area contributed by atoms with Gasteiger partial charge in [0.15, 0.2) is 0 Å². The van der Waals surface area contributed by atoms with Crippen LogP contribution >= 0.6 is 11.3 Å². The summed E-state index contributed by atoms with van der Waals surface area (Å²) >= 11 is 1.44. The smallest absolute Gasteiger partial charge is 0.264 e. The van der Waals surface area contributed by atoms with Crippen LogP contribution in [0.4, 0.5) is 0 Å². The van der Waals surface area contributed by atoms with Crippen molar-refractivity contribution in [3.8, 4) is 0 Å². The summed E-state index contributed by atoms with van der Waals surface area (Å²) in [6.45, 7) is 3.10. The first-order valence-electron chi connectivity index (χ1n) is 8.26. The van der Waals surface area contributed by atoms with E-state index in [1.54, 1.807) is 4.90 Å². The Balaban J connectivity index is 1.62. The molecular formula is C17H23N3O2S. The van der Waals surface area contributed by atoms with Gasteiger partial charge in [-0.25, -0.2) is 0 Å². The van der Waals surface area contributed by atoms with Gasteiger partial charge in [-0.2, -0.15) is 0 Å². The second-order valence-electron chi connectivity index (χ2n) is 6.02. The number of carbonyl (C=O) groups excluding carboxylic acids is 2. The number of likely N-dealkylation sites (tertiary alicyclic amines) is 1. The van der Waals surface area contributed by atoms with Crippen molar-refractivity contribution in [3.05, 3.63) is 34.0 Å². The van der Waals surface area contributed by atoms with Crippen molar-refractivity contribution in [2.45, 2.75) is 31.7 Å². The molecule has 3 rings (SSSR count). The molecule has 0 aliphatic carbocycles. The van der Waals surface area contributed by atoms with E-state index in [2.05, 4.69) is 16.7 Å². The highest BCUT2D eigenvalue weighted by Gasteiger charge is 2.32. The monoisotopic (exact) mass is 333 g/mol. The number of nitrogens with one attached hydrogen (secondary N) is 2. The second-order valence-corrected chi connectivity index (χ2v) is 6.97. The van der Waals surface area contributed by atoms with E-state index >= 15 is 0 Å². The van der Waals surface area contributed by atoms with E-state index in [1.165, 1.54) is 16.9 Å². The lowest BCUT2D eigenvalue weighted by molar-refractivity contribution is -0.126. The zero-order valence-corrected chi connectivity index (χ0v) is 14.0. The molecule has 5 nitrogen and oxygen atoms in total. The van der Waals surface area contributed by atoms with E-state index in [-0.39, 0.29) is 17.9 Å². The minimum absolute atomic E-state index is 0.0130. The van der Waals surface area contributed by atoms with Gasteiger partial charge in [-0.1, -0.05) is 17.7 Å². The molecule has 0 spiro atoms. The molecule has 6 heteroatoms. The number of hydrogen-bond acceptors (Lipinski definition) is 4. The van der Waals surface area contributed by atoms with Crippen molar-refractivity contribution < 1.29 is 9.59 Å². The van der Waals surface area contributed by atoms with Crippen molar-refractivity contribution in [3.63, 3.8) is 0 Å². The van der Waals surface area contributed by atoms with E-state index in [9.17, 15) is 9.59 Å². The van der Waals surface area contributed by atoms with Crippen LogP contribution in [0.1, 0.15) is 35.4 Å². The molecular weight excluding hydrogens is 310 g/mol. The van der Waals surface area contributed by atoms with Crippen LogP contribution < -0.4 is 10.6 Å². The van der Waals surface area contributed by atoms with Gasteiger partial charge in [-0.15, -0.1) is 11.3 Å². The van der Waals surface area contributed by atoms with Crippen LogP contribution in [0.5, 0.6) is 0 Å². The zero-order chi connectivity index (χ0) is 16.1. The van der Waals surface area contributed by atoms with Crippen molar-refractivity contribution in [2.24, 2.45) is 0 Å². The Morgan fingerprint density at radius 3 is 3.04 bits per heavy atom. The number of carbonyl (C=O) groups is 2. The lowest BCUT2D eigenvalue weighted by Crippen LogP contribution is -2.52. The Morgan fingerprint density at radius 1 is 1.39 bits per heavy atom. The molecule has 124 valence electrons. The summed E-state index contributed by atoms with van der Waals surface area (Å²) in [6, 6.07) is 3.37. The number of nitrogens with zero attached hydrogens (tertiary/aromatic N) is 1. The first-order valence-corrected chi connectivity index (χ1v) is 9.14. The summed E-state index contributed by atoms with van der Waals surface area (Å²) in [7, 11) is 0. The van der Waals surface area contributed by atoms with Crippen LogP contribution in [0.15, 0.2) is 29.2 Å². The van der Waals surface area contributed by atoms with Crippen LogP contribution in [0.25, 0.3) is 0 Å². The lowest BCUT2D eigenvalue weighted by atomic mass is 10.0. The third kappa shape index (κ3) is 4.00. The van der Waals surface area contributed by atoms with Gasteiger partial charge in [-0.05, 0) is 43.7 Å². The molecule has 2 aliphatic heterocycles. The molecule has 3 heterocycles. The molecule has 0 saturated carbocycles.